The molecule has 4 heteroatoms. The molecule has 0 aliphatic carbocycles. The zero-order chi connectivity index (χ0) is 39.6. The molecule has 60 heavy (non-hydrogen) atoms. The van der Waals surface area contributed by atoms with Crippen LogP contribution in [0.4, 0.5) is 0 Å². The van der Waals surface area contributed by atoms with Gasteiger partial charge in [-0.2, -0.15) is 0 Å². The molecule has 0 bridgehead atoms. The molecule has 12 aromatic rings. The topological polar surface area (TPSA) is 35.6 Å². The summed E-state index contributed by atoms with van der Waals surface area (Å²) in [6.07, 6.45) is 0. The number of imidazole rings is 2. The highest BCUT2D eigenvalue weighted by Crippen LogP contribution is 2.45. The Morgan fingerprint density at radius 3 is 1.30 bits per heavy atom. The molecule has 280 valence electrons. The molecule has 0 fully saturated rings. The summed E-state index contributed by atoms with van der Waals surface area (Å²) >= 11 is 0. The summed E-state index contributed by atoms with van der Waals surface area (Å²) in [4.78, 5) is 10.6. The molecular weight excluding hydrogens is 729 g/mol. The van der Waals surface area contributed by atoms with Crippen LogP contribution in [0.2, 0.25) is 0 Å². The largest absolute Gasteiger partial charge is 0.292 e. The van der Waals surface area contributed by atoms with E-state index in [2.05, 4.69) is 228 Å². The van der Waals surface area contributed by atoms with Crippen LogP contribution >= 0.6 is 0 Å². The van der Waals surface area contributed by atoms with Crippen molar-refractivity contribution in [1.29, 1.82) is 0 Å². The van der Waals surface area contributed by atoms with E-state index < -0.39 is 0 Å². The fraction of sp³-hybridized carbons (Fsp3) is 0. The number of fused-ring (bicyclic) bond motifs is 5. The fourth-order valence-corrected chi connectivity index (χ4v) is 9.25. The Labute approximate surface area is 346 Å². The summed E-state index contributed by atoms with van der Waals surface area (Å²) in [7, 11) is 0. The lowest BCUT2D eigenvalue weighted by Crippen LogP contribution is -2.02. The minimum Gasteiger partial charge on any atom is -0.292 e. The smallest absolute Gasteiger partial charge is 0.145 e. The van der Waals surface area contributed by atoms with Crippen molar-refractivity contribution < 1.29 is 0 Å². The summed E-state index contributed by atoms with van der Waals surface area (Å²) in [5.74, 6) is 1.81. The summed E-state index contributed by atoms with van der Waals surface area (Å²) in [5, 5.41) is 7.03. The monoisotopic (exact) mass is 764 g/mol. The molecule has 0 amide bonds. The molecule has 0 unspecified atom stereocenters. The molecule has 0 saturated carbocycles. The van der Waals surface area contributed by atoms with Crippen molar-refractivity contribution in [3.05, 3.63) is 218 Å². The molecule has 0 aliphatic rings. The Hall–Kier alpha value is -8.08. The van der Waals surface area contributed by atoms with Gasteiger partial charge in [0.1, 0.15) is 11.6 Å². The van der Waals surface area contributed by atoms with Gasteiger partial charge in [-0.15, -0.1) is 0 Å². The first-order valence-electron chi connectivity index (χ1n) is 20.4. The van der Waals surface area contributed by atoms with E-state index in [1.54, 1.807) is 0 Å². The van der Waals surface area contributed by atoms with Crippen LogP contribution in [0.1, 0.15) is 0 Å². The van der Waals surface area contributed by atoms with E-state index in [1.807, 2.05) is 0 Å². The summed E-state index contributed by atoms with van der Waals surface area (Å²) in [6, 6.07) is 78.2. The number of aromatic nitrogens is 4. The Morgan fingerprint density at radius 2 is 0.750 bits per heavy atom. The quantitative estimate of drug-likeness (QED) is 0.158. The second-order valence-electron chi connectivity index (χ2n) is 15.4. The van der Waals surface area contributed by atoms with Gasteiger partial charge in [0.2, 0.25) is 0 Å². The van der Waals surface area contributed by atoms with E-state index in [4.69, 9.17) is 9.97 Å². The third-order valence-corrected chi connectivity index (χ3v) is 11.9. The number of hydrogen-bond donors (Lipinski definition) is 0. The van der Waals surface area contributed by atoms with Crippen molar-refractivity contribution in [2.45, 2.75) is 0 Å². The maximum Gasteiger partial charge on any atom is 0.145 e. The second kappa shape index (κ2) is 13.8. The van der Waals surface area contributed by atoms with E-state index in [9.17, 15) is 0 Å². The Kier molecular flexibility index (Phi) is 7.82. The number of rotatable bonds is 6. The summed E-state index contributed by atoms with van der Waals surface area (Å²) < 4.78 is 4.70. The molecule has 4 nitrogen and oxygen atoms in total. The zero-order valence-electron chi connectivity index (χ0n) is 32.6. The van der Waals surface area contributed by atoms with Crippen LogP contribution in [0.25, 0.3) is 111 Å². The summed E-state index contributed by atoms with van der Waals surface area (Å²) in [6.45, 7) is 0. The molecule has 0 atom stereocenters. The van der Waals surface area contributed by atoms with Crippen molar-refractivity contribution in [1.82, 2.24) is 19.1 Å². The van der Waals surface area contributed by atoms with Gasteiger partial charge >= 0.3 is 0 Å². The van der Waals surface area contributed by atoms with E-state index >= 15 is 0 Å². The Morgan fingerprint density at radius 1 is 0.300 bits per heavy atom. The number of para-hydroxylation sites is 4. The molecule has 0 aliphatic heterocycles. The van der Waals surface area contributed by atoms with Crippen molar-refractivity contribution >= 4 is 54.4 Å². The van der Waals surface area contributed by atoms with Gasteiger partial charge < -0.3 is 0 Å². The van der Waals surface area contributed by atoms with Crippen LogP contribution in [0.3, 0.4) is 0 Å². The third-order valence-electron chi connectivity index (χ3n) is 11.9. The van der Waals surface area contributed by atoms with Crippen LogP contribution in [-0.2, 0) is 0 Å². The highest BCUT2D eigenvalue weighted by atomic mass is 15.1. The second-order valence-corrected chi connectivity index (χ2v) is 15.4. The van der Waals surface area contributed by atoms with Gasteiger partial charge in [0.05, 0.1) is 33.4 Å². The van der Waals surface area contributed by atoms with Crippen molar-refractivity contribution in [2.24, 2.45) is 0 Å². The lowest BCUT2D eigenvalue weighted by atomic mass is 9.87. The minimum atomic E-state index is 0.906. The van der Waals surface area contributed by atoms with Crippen LogP contribution in [0.15, 0.2) is 218 Å². The first-order chi connectivity index (χ1) is 29.8. The molecule has 2 aromatic heterocycles. The minimum absolute atomic E-state index is 0.906. The van der Waals surface area contributed by atoms with Gasteiger partial charge in [-0.1, -0.05) is 164 Å². The molecule has 2 heterocycles. The molecule has 10 aromatic carbocycles. The van der Waals surface area contributed by atoms with E-state index in [0.29, 0.717) is 0 Å². The van der Waals surface area contributed by atoms with Crippen molar-refractivity contribution in [3.8, 4) is 56.4 Å². The lowest BCUT2D eigenvalue weighted by Gasteiger charge is -2.20. The van der Waals surface area contributed by atoms with Gasteiger partial charge in [-0.05, 0) is 98.4 Å². The number of nitrogens with zero attached hydrogens (tertiary/aromatic N) is 4. The predicted octanol–water partition coefficient (Wildman–Crippen LogP) is 14.5. The van der Waals surface area contributed by atoms with Crippen molar-refractivity contribution in [2.75, 3.05) is 0 Å². The van der Waals surface area contributed by atoms with Crippen LogP contribution in [-0.4, -0.2) is 19.1 Å². The molecule has 0 saturated heterocycles. The van der Waals surface area contributed by atoms with Gasteiger partial charge in [0.25, 0.3) is 0 Å². The van der Waals surface area contributed by atoms with Crippen molar-refractivity contribution in [3.63, 3.8) is 0 Å². The first-order valence-corrected chi connectivity index (χ1v) is 20.4. The fourth-order valence-electron chi connectivity index (χ4n) is 9.25. The molecule has 12 rings (SSSR count). The SMILES string of the molecule is c1ccc(-c2cc(-c3c4cccc(-n5c(-c6ccccc6)nc6ccccc65)c4cc4c(-n5c(-c6ccccc6)nc6ccccc65)cccc34)cc3ccccc23)cc1. The number of benzene rings is 10. The summed E-state index contributed by atoms with van der Waals surface area (Å²) in [5.41, 5.74) is 13.0. The predicted molar refractivity (Wildman–Crippen MR) is 250 cm³/mol. The molecule has 0 radical (unpaired) electrons. The molecule has 0 N–H and O–H groups in total. The first kappa shape index (κ1) is 34.0. The maximum atomic E-state index is 5.28. The van der Waals surface area contributed by atoms with E-state index in [0.717, 1.165) is 72.6 Å². The third kappa shape index (κ3) is 5.39. The van der Waals surface area contributed by atoms with E-state index in [1.165, 1.54) is 38.2 Å². The number of hydrogen-bond acceptors (Lipinski definition) is 2. The average Bonchev–Trinajstić information content (AvgIpc) is 3.90. The molecule has 0 spiro atoms. The van der Waals surface area contributed by atoms with Crippen LogP contribution in [0, 0.1) is 0 Å². The van der Waals surface area contributed by atoms with Gasteiger partial charge in [0, 0.05) is 21.9 Å². The lowest BCUT2D eigenvalue weighted by molar-refractivity contribution is 1.11. The zero-order valence-corrected chi connectivity index (χ0v) is 32.6. The average molecular weight is 765 g/mol. The van der Waals surface area contributed by atoms with Crippen LogP contribution in [0.5, 0.6) is 0 Å². The Balaban J connectivity index is 1.25. The molecular formula is C56H36N4. The highest BCUT2D eigenvalue weighted by molar-refractivity contribution is 6.18. The normalized spacial score (nSPS) is 11.7. The highest BCUT2D eigenvalue weighted by Gasteiger charge is 2.23. The van der Waals surface area contributed by atoms with Crippen LogP contribution < -0.4 is 0 Å². The van der Waals surface area contributed by atoms with E-state index in [-0.39, 0.29) is 0 Å². The van der Waals surface area contributed by atoms with Gasteiger partial charge in [-0.25, -0.2) is 9.97 Å². The van der Waals surface area contributed by atoms with Gasteiger partial charge in [0.15, 0.2) is 0 Å². The van der Waals surface area contributed by atoms with Gasteiger partial charge in [-0.3, -0.25) is 9.13 Å². The standard InChI is InChI=1S/C56H36N4/c1-4-18-37(19-5-1)45-35-41(34-40-24-10-11-25-42(40)45)54-43-26-16-32-50(59-52-30-14-12-28-48(52)57-55(59)38-20-6-2-7-21-38)46(43)36-47-44(54)27-17-33-51(47)60-53-31-15-13-29-49(53)58-56(60)39-22-8-3-9-23-39/h1-36H. The maximum absolute atomic E-state index is 5.28. The Bertz CT molecular complexity index is 3410.